The van der Waals surface area contributed by atoms with Crippen molar-refractivity contribution in [3.8, 4) is 0 Å². The third kappa shape index (κ3) is 4.51. The third-order valence-electron chi connectivity index (χ3n) is 4.23. The molecule has 1 atom stereocenters. The van der Waals surface area contributed by atoms with Crippen molar-refractivity contribution >= 4 is 0 Å². The average molecular weight is 296 g/mol. The molecule has 1 heterocycles. The van der Waals surface area contributed by atoms with Gasteiger partial charge in [0.2, 0.25) is 0 Å². The van der Waals surface area contributed by atoms with Crippen LogP contribution < -0.4 is 5.32 Å². The maximum atomic E-state index is 6.17. The summed E-state index contributed by atoms with van der Waals surface area (Å²) in [5, 5.41) is 7.95. The Morgan fingerprint density at radius 3 is 2.48 bits per heavy atom. The lowest BCUT2D eigenvalue weighted by molar-refractivity contribution is -0.0721. The maximum absolute atomic E-state index is 6.17. The van der Waals surface area contributed by atoms with E-state index in [9.17, 15) is 0 Å². The zero-order valence-electron chi connectivity index (χ0n) is 14.4. The van der Waals surface area contributed by atoms with Crippen molar-refractivity contribution in [1.29, 1.82) is 0 Å². The van der Waals surface area contributed by atoms with Crippen molar-refractivity contribution in [3.05, 3.63) is 12.2 Å². The molecule has 0 fully saturated rings. The molecule has 0 aliphatic carbocycles. The summed E-state index contributed by atoms with van der Waals surface area (Å²) < 4.78 is 8.19. The summed E-state index contributed by atoms with van der Waals surface area (Å²) in [7, 11) is 0. The largest absolute Gasteiger partial charge is 0.374 e. The molecule has 0 amide bonds. The molecule has 0 aliphatic heterocycles. The van der Waals surface area contributed by atoms with E-state index < -0.39 is 0 Å². The Kier molecular flexibility index (Phi) is 7.89. The number of nitrogens with zero attached hydrogens (tertiary/aromatic N) is 3. The summed E-state index contributed by atoms with van der Waals surface area (Å²) in [4.78, 5) is 4.46. The minimum absolute atomic E-state index is 0.131. The molecule has 0 aliphatic rings. The smallest absolute Gasteiger partial charge is 0.138 e. The zero-order chi connectivity index (χ0) is 15.7. The summed E-state index contributed by atoms with van der Waals surface area (Å²) in [6, 6.07) is 0.261. The maximum Gasteiger partial charge on any atom is 0.138 e. The van der Waals surface area contributed by atoms with Crippen molar-refractivity contribution in [2.45, 2.75) is 78.5 Å². The first-order valence-corrected chi connectivity index (χ1v) is 8.41. The van der Waals surface area contributed by atoms with Crippen molar-refractivity contribution in [1.82, 2.24) is 20.1 Å². The Morgan fingerprint density at radius 1 is 1.24 bits per heavy atom. The number of hydrogen-bond acceptors (Lipinski definition) is 4. The van der Waals surface area contributed by atoms with Crippen LogP contribution >= 0.6 is 0 Å². The zero-order valence-corrected chi connectivity index (χ0v) is 14.4. The molecule has 5 heteroatoms. The number of nitrogens with one attached hydrogen (secondary N) is 1. The number of ether oxygens (including phenoxy) is 1. The molecule has 5 nitrogen and oxygen atoms in total. The highest BCUT2D eigenvalue weighted by molar-refractivity contribution is 4.99. The van der Waals surface area contributed by atoms with E-state index in [0.29, 0.717) is 0 Å². The predicted molar refractivity (Wildman–Crippen MR) is 86.4 cm³/mol. The summed E-state index contributed by atoms with van der Waals surface area (Å²) in [5.74, 6) is 1.05. The van der Waals surface area contributed by atoms with Crippen LogP contribution in [0.25, 0.3) is 0 Å². The van der Waals surface area contributed by atoms with Gasteiger partial charge >= 0.3 is 0 Å². The lowest BCUT2D eigenvalue weighted by atomic mass is 9.85. The van der Waals surface area contributed by atoms with Crippen LogP contribution in [-0.4, -0.2) is 39.6 Å². The van der Waals surface area contributed by atoms with Gasteiger partial charge in [-0.2, -0.15) is 5.10 Å². The molecule has 1 aromatic heterocycles. The van der Waals surface area contributed by atoms with Gasteiger partial charge in [0, 0.05) is 25.6 Å². The van der Waals surface area contributed by atoms with Crippen LogP contribution in [0, 0.1) is 0 Å². The summed E-state index contributed by atoms with van der Waals surface area (Å²) in [5.41, 5.74) is -0.131. The van der Waals surface area contributed by atoms with E-state index in [1.165, 1.54) is 0 Å². The fourth-order valence-corrected chi connectivity index (χ4v) is 3.05. The third-order valence-corrected chi connectivity index (χ3v) is 4.23. The highest BCUT2D eigenvalue weighted by Crippen LogP contribution is 2.27. The standard InChI is InChI=1S/C16H32N4O/c1-6-11-20-15(18-13-19-20)12-14(17-9-4)16(7-2,8-3)21-10-5/h13-14,17H,6-12H2,1-5H3. The second-order valence-electron chi connectivity index (χ2n) is 5.42. The van der Waals surface area contributed by atoms with Gasteiger partial charge in [-0.05, 0) is 32.7 Å². The molecule has 1 unspecified atom stereocenters. The molecule has 1 aromatic rings. The second-order valence-corrected chi connectivity index (χ2v) is 5.42. The van der Waals surface area contributed by atoms with E-state index >= 15 is 0 Å². The van der Waals surface area contributed by atoms with Gasteiger partial charge in [0.1, 0.15) is 12.2 Å². The Balaban J connectivity index is 2.96. The van der Waals surface area contributed by atoms with Gasteiger partial charge in [0.15, 0.2) is 0 Å². The van der Waals surface area contributed by atoms with Crippen molar-refractivity contribution in [3.63, 3.8) is 0 Å². The van der Waals surface area contributed by atoms with Crippen molar-refractivity contribution in [2.24, 2.45) is 0 Å². The Labute approximate surface area is 129 Å². The summed E-state index contributed by atoms with van der Waals surface area (Å²) >= 11 is 0. The fourth-order valence-electron chi connectivity index (χ4n) is 3.05. The second kappa shape index (κ2) is 9.15. The number of aryl methyl sites for hydroxylation is 1. The molecule has 0 bridgehead atoms. The van der Waals surface area contributed by atoms with Crippen LogP contribution in [0.2, 0.25) is 0 Å². The topological polar surface area (TPSA) is 52.0 Å². The van der Waals surface area contributed by atoms with Crippen molar-refractivity contribution in [2.75, 3.05) is 13.2 Å². The Bertz CT molecular complexity index is 387. The fraction of sp³-hybridized carbons (Fsp3) is 0.875. The predicted octanol–water partition coefficient (Wildman–Crippen LogP) is 2.80. The van der Waals surface area contributed by atoms with E-state index in [-0.39, 0.29) is 11.6 Å². The van der Waals surface area contributed by atoms with E-state index in [0.717, 1.165) is 51.2 Å². The van der Waals surface area contributed by atoms with E-state index in [1.54, 1.807) is 6.33 Å². The highest BCUT2D eigenvalue weighted by atomic mass is 16.5. The molecule has 122 valence electrons. The first-order valence-electron chi connectivity index (χ1n) is 8.41. The number of aromatic nitrogens is 3. The normalized spacial score (nSPS) is 13.6. The molecular formula is C16H32N4O. The molecule has 0 spiro atoms. The van der Waals surface area contributed by atoms with E-state index in [1.807, 2.05) is 4.68 Å². The van der Waals surface area contributed by atoms with E-state index in [2.05, 4.69) is 50.0 Å². The van der Waals surface area contributed by atoms with Crippen LogP contribution in [0.1, 0.15) is 59.7 Å². The molecular weight excluding hydrogens is 264 g/mol. The first kappa shape index (κ1) is 18.1. The average Bonchev–Trinajstić information content (AvgIpc) is 2.92. The molecule has 0 radical (unpaired) electrons. The first-order chi connectivity index (χ1) is 10.2. The number of hydrogen-bond donors (Lipinski definition) is 1. The van der Waals surface area contributed by atoms with Crippen LogP contribution in [0.15, 0.2) is 6.33 Å². The van der Waals surface area contributed by atoms with Crippen LogP contribution in [-0.2, 0) is 17.7 Å². The van der Waals surface area contributed by atoms with Gasteiger partial charge in [0.25, 0.3) is 0 Å². The number of rotatable bonds is 11. The van der Waals surface area contributed by atoms with Gasteiger partial charge in [-0.25, -0.2) is 4.98 Å². The minimum Gasteiger partial charge on any atom is -0.374 e. The van der Waals surface area contributed by atoms with Crippen LogP contribution in [0.4, 0.5) is 0 Å². The quantitative estimate of drug-likeness (QED) is 0.682. The molecule has 1 rings (SSSR count). The SMILES string of the molecule is CCCn1ncnc1CC(NCC)C(CC)(CC)OCC. The van der Waals surface area contributed by atoms with Gasteiger partial charge in [-0.15, -0.1) is 0 Å². The Morgan fingerprint density at radius 2 is 1.95 bits per heavy atom. The molecule has 0 aromatic carbocycles. The van der Waals surface area contributed by atoms with Crippen LogP contribution in [0.5, 0.6) is 0 Å². The summed E-state index contributed by atoms with van der Waals surface area (Å²) in [6.45, 7) is 13.4. The highest BCUT2D eigenvalue weighted by Gasteiger charge is 2.36. The van der Waals surface area contributed by atoms with Crippen molar-refractivity contribution < 1.29 is 4.74 Å². The lowest BCUT2D eigenvalue weighted by Gasteiger charge is -2.39. The van der Waals surface area contributed by atoms with Gasteiger partial charge in [0.05, 0.1) is 5.60 Å². The van der Waals surface area contributed by atoms with Crippen LogP contribution in [0.3, 0.4) is 0 Å². The number of likely N-dealkylation sites (N-methyl/N-ethyl adjacent to an activating group) is 1. The lowest BCUT2D eigenvalue weighted by Crippen LogP contribution is -2.53. The minimum atomic E-state index is -0.131. The monoisotopic (exact) mass is 296 g/mol. The van der Waals surface area contributed by atoms with Gasteiger partial charge in [-0.3, -0.25) is 4.68 Å². The summed E-state index contributed by atoms with van der Waals surface area (Å²) in [6.07, 6.45) is 5.58. The molecule has 1 N–H and O–H groups in total. The van der Waals surface area contributed by atoms with E-state index in [4.69, 9.17) is 4.74 Å². The van der Waals surface area contributed by atoms with Gasteiger partial charge < -0.3 is 10.1 Å². The molecule has 0 saturated carbocycles. The molecule has 0 saturated heterocycles. The Hall–Kier alpha value is -0.940. The molecule has 21 heavy (non-hydrogen) atoms. The van der Waals surface area contributed by atoms with Gasteiger partial charge in [-0.1, -0.05) is 27.7 Å².